The molecule has 2 rings (SSSR count). The van der Waals surface area contributed by atoms with Crippen molar-refractivity contribution in [1.82, 2.24) is 4.57 Å². The zero-order chi connectivity index (χ0) is 33.5. The van der Waals surface area contributed by atoms with Crippen molar-refractivity contribution in [1.29, 1.82) is 0 Å². The Balaban J connectivity index is 1.51. The summed E-state index contributed by atoms with van der Waals surface area (Å²) in [7, 11) is 0. The van der Waals surface area contributed by atoms with Gasteiger partial charge in [-0.15, -0.1) is 0 Å². The molecular weight excluding hydrogens is 582 g/mol. The second-order valence-electron chi connectivity index (χ2n) is 12.9. The number of hydrogen-bond donors (Lipinski definition) is 2. The normalized spacial score (nSPS) is 12.1. The van der Waals surface area contributed by atoms with Gasteiger partial charge >= 0.3 is 6.16 Å². The third-order valence-corrected chi connectivity index (χ3v) is 7.09. The van der Waals surface area contributed by atoms with Crippen molar-refractivity contribution in [2.24, 2.45) is 0 Å². The number of pyridine rings is 1. The largest absolute Gasteiger partial charge is 0.511 e. The number of hydrogen-bond acceptors (Lipinski definition) is 9. The highest BCUT2D eigenvalue weighted by molar-refractivity contribution is 5.65. The van der Waals surface area contributed by atoms with Gasteiger partial charge in [-0.25, -0.2) is 4.79 Å². The zero-order valence-corrected chi connectivity index (χ0v) is 28.1. The van der Waals surface area contributed by atoms with Crippen molar-refractivity contribution in [2.75, 3.05) is 66.1 Å². The van der Waals surface area contributed by atoms with Crippen LogP contribution in [-0.4, -0.2) is 87.0 Å². The predicted molar refractivity (Wildman–Crippen MR) is 172 cm³/mol. The van der Waals surface area contributed by atoms with Crippen molar-refractivity contribution >= 4 is 6.16 Å². The highest BCUT2D eigenvalue weighted by atomic mass is 16.7. The van der Waals surface area contributed by atoms with E-state index in [1.54, 1.807) is 17.7 Å². The Bertz CT molecular complexity index is 1210. The maximum absolute atomic E-state index is 11.4. The molecular formula is C34H53NO10. The van der Waals surface area contributed by atoms with E-state index in [0.717, 1.165) is 29.5 Å². The van der Waals surface area contributed by atoms with Crippen molar-refractivity contribution in [3.63, 3.8) is 0 Å². The summed E-state index contributed by atoms with van der Waals surface area (Å²) in [6.07, 6.45) is 1.98. The topological polar surface area (TPSA) is 135 Å². The van der Waals surface area contributed by atoms with E-state index in [1.807, 2.05) is 0 Å². The summed E-state index contributed by atoms with van der Waals surface area (Å²) >= 11 is 0. The number of rotatable bonds is 20. The molecule has 0 aliphatic heterocycles. The molecule has 2 aromatic rings. The molecule has 11 nitrogen and oxygen atoms in total. The third-order valence-electron chi connectivity index (χ3n) is 7.09. The van der Waals surface area contributed by atoms with E-state index in [9.17, 15) is 19.8 Å². The summed E-state index contributed by atoms with van der Waals surface area (Å²) < 4.78 is 34.9. The minimum absolute atomic E-state index is 0.229. The molecule has 0 aliphatic rings. The van der Waals surface area contributed by atoms with E-state index in [2.05, 4.69) is 53.7 Å². The van der Waals surface area contributed by atoms with Crippen LogP contribution < -0.4 is 10.2 Å². The van der Waals surface area contributed by atoms with Crippen LogP contribution in [-0.2, 0) is 47.5 Å². The van der Waals surface area contributed by atoms with Gasteiger partial charge in [0.2, 0.25) is 5.43 Å². The molecule has 0 saturated carbocycles. The zero-order valence-electron chi connectivity index (χ0n) is 28.1. The quantitative estimate of drug-likeness (QED) is 0.113. The van der Waals surface area contributed by atoms with E-state index in [4.69, 9.17) is 28.4 Å². The number of benzene rings is 1. The van der Waals surface area contributed by atoms with Crippen LogP contribution >= 0.6 is 0 Å². The SMILES string of the molecule is Cc1c(O)c(=O)ccn1CCOCCOCCOCCOCCOCCCc1cc(C(C)(C)C)c(OC(=O)O)c(C(C)(C)C)c1. The number of aromatic nitrogens is 1. The van der Waals surface area contributed by atoms with Crippen LogP contribution in [0.25, 0.3) is 0 Å². The van der Waals surface area contributed by atoms with Crippen molar-refractivity contribution in [3.8, 4) is 11.5 Å². The van der Waals surface area contributed by atoms with E-state index < -0.39 is 6.16 Å². The Morgan fingerprint density at radius 3 is 1.64 bits per heavy atom. The molecule has 0 fully saturated rings. The maximum Gasteiger partial charge on any atom is 0.511 e. The van der Waals surface area contributed by atoms with Crippen LogP contribution in [0.2, 0.25) is 0 Å². The molecule has 0 unspecified atom stereocenters. The molecule has 254 valence electrons. The molecule has 0 atom stereocenters. The van der Waals surface area contributed by atoms with Crippen LogP contribution in [0.15, 0.2) is 29.2 Å². The average Bonchev–Trinajstić information content (AvgIpc) is 2.95. The van der Waals surface area contributed by atoms with Crippen LogP contribution in [0, 0.1) is 6.92 Å². The maximum atomic E-state index is 11.4. The minimum atomic E-state index is -1.30. The highest BCUT2D eigenvalue weighted by Crippen LogP contribution is 2.41. The number of ether oxygens (including phenoxy) is 6. The fraction of sp³-hybridized carbons (Fsp3) is 0.647. The van der Waals surface area contributed by atoms with Gasteiger partial charge in [0.05, 0.1) is 65.2 Å². The monoisotopic (exact) mass is 635 g/mol. The smallest absolute Gasteiger partial charge is 0.503 e. The second kappa shape index (κ2) is 18.9. The van der Waals surface area contributed by atoms with Crippen LogP contribution in [0.4, 0.5) is 4.79 Å². The molecule has 0 aliphatic carbocycles. The van der Waals surface area contributed by atoms with Gasteiger partial charge in [-0.3, -0.25) is 4.79 Å². The third kappa shape index (κ3) is 13.9. The number of carbonyl (C=O) groups is 1. The number of aromatic hydroxyl groups is 1. The molecule has 0 spiro atoms. The van der Waals surface area contributed by atoms with Gasteiger partial charge in [-0.2, -0.15) is 0 Å². The fourth-order valence-electron chi connectivity index (χ4n) is 4.57. The lowest BCUT2D eigenvalue weighted by Gasteiger charge is -2.29. The van der Waals surface area contributed by atoms with E-state index in [1.165, 1.54) is 6.07 Å². The fourth-order valence-corrected chi connectivity index (χ4v) is 4.57. The molecule has 1 heterocycles. The predicted octanol–water partition coefficient (Wildman–Crippen LogP) is 5.23. The van der Waals surface area contributed by atoms with E-state index in [0.29, 0.717) is 84.1 Å². The number of nitrogens with zero attached hydrogens (tertiary/aromatic N) is 1. The lowest BCUT2D eigenvalue weighted by atomic mass is 9.78. The Hall–Kier alpha value is -2.96. The van der Waals surface area contributed by atoms with E-state index >= 15 is 0 Å². The summed E-state index contributed by atoms with van der Waals surface area (Å²) in [6, 6.07) is 5.45. The lowest BCUT2D eigenvalue weighted by molar-refractivity contribution is -0.0116. The first-order valence-electron chi connectivity index (χ1n) is 15.6. The first-order valence-corrected chi connectivity index (χ1v) is 15.6. The molecule has 0 amide bonds. The first kappa shape index (κ1) is 38.2. The van der Waals surface area contributed by atoms with Gasteiger partial charge in [0.15, 0.2) is 5.75 Å². The van der Waals surface area contributed by atoms with Crippen molar-refractivity contribution in [3.05, 3.63) is 57.0 Å². The van der Waals surface area contributed by atoms with Gasteiger partial charge in [-0.05, 0) is 36.2 Å². The summed E-state index contributed by atoms with van der Waals surface area (Å²) in [6.45, 7) is 19.4. The Morgan fingerprint density at radius 2 is 1.20 bits per heavy atom. The highest BCUT2D eigenvalue weighted by Gasteiger charge is 2.29. The summed E-state index contributed by atoms with van der Waals surface area (Å²) in [4.78, 5) is 22.8. The average molecular weight is 636 g/mol. The first-order chi connectivity index (χ1) is 21.2. The number of aryl methyl sites for hydroxylation is 1. The van der Waals surface area contributed by atoms with E-state index in [-0.39, 0.29) is 22.0 Å². The minimum Gasteiger partial charge on any atom is -0.503 e. The van der Waals surface area contributed by atoms with Gasteiger partial charge < -0.3 is 43.2 Å². The van der Waals surface area contributed by atoms with Gasteiger partial charge in [0.25, 0.3) is 0 Å². The standard InChI is InChI=1S/C34H53NO10/c1-25-30(37)29(36)10-11-35(25)12-14-41-16-18-43-20-22-44-21-19-42-17-15-40-13-8-9-26-23-27(33(2,3)4)31(45-32(38)39)28(24-26)34(5,6)7/h10-11,23-24,37H,8-9,12-22H2,1-7H3,(H,38,39). The summed E-state index contributed by atoms with van der Waals surface area (Å²) in [5.41, 5.74) is 2.50. The van der Waals surface area contributed by atoms with Gasteiger partial charge in [-0.1, -0.05) is 53.7 Å². The Morgan fingerprint density at radius 1 is 0.756 bits per heavy atom. The van der Waals surface area contributed by atoms with Crippen LogP contribution in [0.5, 0.6) is 11.5 Å². The lowest BCUT2D eigenvalue weighted by Crippen LogP contribution is -2.22. The molecule has 0 saturated heterocycles. The molecule has 2 N–H and O–H groups in total. The second-order valence-corrected chi connectivity index (χ2v) is 12.9. The summed E-state index contributed by atoms with van der Waals surface area (Å²) in [5.74, 6) is 0.212. The van der Waals surface area contributed by atoms with Gasteiger partial charge in [0.1, 0.15) is 5.75 Å². The molecule has 1 aromatic carbocycles. The van der Waals surface area contributed by atoms with Crippen LogP contribution in [0.3, 0.4) is 0 Å². The van der Waals surface area contributed by atoms with Gasteiger partial charge in [0, 0.05) is 36.5 Å². The summed E-state index contributed by atoms with van der Waals surface area (Å²) in [5, 5.41) is 19.1. The van der Waals surface area contributed by atoms with Crippen molar-refractivity contribution in [2.45, 2.75) is 78.7 Å². The molecule has 0 bridgehead atoms. The molecule has 0 radical (unpaired) electrons. The van der Waals surface area contributed by atoms with Crippen molar-refractivity contribution < 1.29 is 43.4 Å². The van der Waals surface area contributed by atoms with Crippen LogP contribution in [0.1, 0.15) is 70.3 Å². The molecule has 11 heteroatoms. The molecule has 45 heavy (non-hydrogen) atoms. The molecule has 1 aromatic heterocycles. The number of carboxylic acid groups (broad SMARTS) is 1. The Kier molecular flexibility index (Phi) is 16.0. The Labute approximate surface area is 267 Å².